The third-order valence-electron chi connectivity index (χ3n) is 2.71. The summed E-state index contributed by atoms with van der Waals surface area (Å²) < 4.78 is 5.53. The topological polar surface area (TPSA) is 29.5 Å². The van der Waals surface area contributed by atoms with Crippen LogP contribution in [0.4, 0.5) is 0 Å². The number of rotatable bonds is 4. The number of ether oxygens (including phenoxy) is 1. The third-order valence-corrected chi connectivity index (χ3v) is 2.71. The van der Waals surface area contributed by atoms with Gasteiger partial charge in [0.1, 0.15) is 0 Å². The van der Waals surface area contributed by atoms with Gasteiger partial charge in [0.2, 0.25) is 0 Å². The smallest absolute Gasteiger partial charge is 0.0630 e. The Morgan fingerprint density at radius 2 is 2.38 bits per heavy atom. The average molecular weight is 184 g/mol. The SMILES string of the molecule is C=C(C)CC(O)C1CCOC1CC. The van der Waals surface area contributed by atoms with E-state index in [1.165, 1.54) is 0 Å². The van der Waals surface area contributed by atoms with Gasteiger partial charge < -0.3 is 9.84 Å². The van der Waals surface area contributed by atoms with Crippen LogP contribution < -0.4 is 0 Å². The van der Waals surface area contributed by atoms with E-state index < -0.39 is 0 Å². The summed E-state index contributed by atoms with van der Waals surface area (Å²) in [5.41, 5.74) is 1.05. The van der Waals surface area contributed by atoms with Crippen molar-refractivity contribution in [1.29, 1.82) is 0 Å². The van der Waals surface area contributed by atoms with Crippen LogP contribution in [0, 0.1) is 5.92 Å². The van der Waals surface area contributed by atoms with Gasteiger partial charge in [-0.3, -0.25) is 0 Å². The van der Waals surface area contributed by atoms with Gasteiger partial charge in [0.05, 0.1) is 12.2 Å². The first kappa shape index (κ1) is 10.7. The molecule has 1 fully saturated rings. The maximum Gasteiger partial charge on any atom is 0.0630 e. The van der Waals surface area contributed by atoms with Crippen LogP contribution in [0.25, 0.3) is 0 Å². The molecule has 1 rings (SSSR count). The minimum absolute atomic E-state index is 0.259. The first-order chi connectivity index (χ1) is 6.15. The summed E-state index contributed by atoms with van der Waals surface area (Å²) in [4.78, 5) is 0. The zero-order chi connectivity index (χ0) is 9.84. The van der Waals surface area contributed by atoms with Crippen molar-refractivity contribution in [3.63, 3.8) is 0 Å². The third kappa shape index (κ3) is 2.82. The van der Waals surface area contributed by atoms with Crippen LogP contribution in [0.1, 0.15) is 33.1 Å². The van der Waals surface area contributed by atoms with Gasteiger partial charge in [-0.2, -0.15) is 0 Å². The molecular formula is C11H20O2. The molecule has 0 aromatic carbocycles. The van der Waals surface area contributed by atoms with Crippen molar-refractivity contribution >= 4 is 0 Å². The highest BCUT2D eigenvalue weighted by Crippen LogP contribution is 2.28. The molecule has 1 saturated heterocycles. The van der Waals surface area contributed by atoms with Crippen molar-refractivity contribution in [2.24, 2.45) is 5.92 Å². The Morgan fingerprint density at radius 3 is 2.92 bits per heavy atom. The second-order valence-electron chi connectivity index (χ2n) is 4.00. The van der Waals surface area contributed by atoms with E-state index in [-0.39, 0.29) is 12.2 Å². The Bertz CT molecular complexity index is 177. The Labute approximate surface area is 80.6 Å². The Kier molecular flexibility index (Phi) is 3.94. The maximum absolute atomic E-state index is 9.88. The van der Waals surface area contributed by atoms with E-state index in [1.807, 2.05) is 6.92 Å². The molecule has 76 valence electrons. The van der Waals surface area contributed by atoms with Crippen LogP contribution in [0.2, 0.25) is 0 Å². The highest BCUT2D eigenvalue weighted by molar-refractivity contribution is 4.94. The lowest BCUT2D eigenvalue weighted by Crippen LogP contribution is -2.27. The van der Waals surface area contributed by atoms with E-state index in [1.54, 1.807) is 0 Å². The van der Waals surface area contributed by atoms with Gasteiger partial charge in [-0.05, 0) is 26.2 Å². The molecule has 3 atom stereocenters. The first-order valence-electron chi connectivity index (χ1n) is 5.09. The fourth-order valence-corrected chi connectivity index (χ4v) is 2.03. The zero-order valence-electron chi connectivity index (χ0n) is 8.62. The molecule has 1 aliphatic rings. The molecule has 1 aliphatic heterocycles. The molecule has 0 saturated carbocycles. The number of hydrogen-bond acceptors (Lipinski definition) is 2. The largest absolute Gasteiger partial charge is 0.392 e. The van der Waals surface area contributed by atoms with E-state index in [9.17, 15) is 5.11 Å². The quantitative estimate of drug-likeness (QED) is 0.678. The van der Waals surface area contributed by atoms with Gasteiger partial charge in [0, 0.05) is 12.5 Å². The number of aliphatic hydroxyl groups is 1. The van der Waals surface area contributed by atoms with Crippen LogP contribution in [0.3, 0.4) is 0 Å². The molecule has 13 heavy (non-hydrogen) atoms. The summed E-state index contributed by atoms with van der Waals surface area (Å²) in [6.45, 7) is 8.68. The van der Waals surface area contributed by atoms with E-state index in [2.05, 4.69) is 13.5 Å². The molecule has 0 aliphatic carbocycles. The Balaban J connectivity index is 2.44. The highest BCUT2D eigenvalue weighted by atomic mass is 16.5. The summed E-state index contributed by atoms with van der Waals surface area (Å²) in [5.74, 6) is 0.321. The molecule has 0 radical (unpaired) electrons. The lowest BCUT2D eigenvalue weighted by Gasteiger charge is -2.22. The van der Waals surface area contributed by atoms with Crippen molar-refractivity contribution in [1.82, 2.24) is 0 Å². The molecule has 0 bridgehead atoms. The second-order valence-corrected chi connectivity index (χ2v) is 4.00. The minimum Gasteiger partial charge on any atom is -0.392 e. The van der Waals surface area contributed by atoms with Crippen LogP contribution >= 0.6 is 0 Å². The molecule has 2 heteroatoms. The normalized spacial score (nSPS) is 30.4. The van der Waals surface area contributed by atoms with Gasteiger partial charge in [-0.25, -0.2) is 0 Å². The van der Waals surface area contributed by atoms with Gasteiger partial charge in [0.15, 0.2) is 0 Å². The van der Waals surface area contributed by atoms with Crippen LogP contribution in [0.15, 0.2) is 12.2 Å². The van der Waals surface area contributed by atoms with Crippen LogP contribution in [-0.4, -0.2) is 23.9 Å². The Morgan fingerprint density at radius 1 is 1.69 bits per heavy atom. The minimum atomic E-state index is -0.259. The summed E-state index contributed by atoms with van der Waals surface area (Å²) in [7, 11) is 0. The van der Waals surface area contributed by atoms with Crippen LogP contribution in [-0.2, 0) is 4.74 Å². The van der Waals surface area contributed by atoms with Gasteiger partial charge >= 0.3 is 0 Å². The zero-order valence-corrected chi connectivity index (χ0v) is 8.62. The molecule has 3 unspecified atom stereocenters. The number of hydrogen-bond donors (Lipinski definition) is 1. The van der Waals surface area contributed by atoms with Gasteiger partial charge in [-0.15, -0.1) is 6.58 Å². The molecule has 2 nitrogen and oxygen atoms in total. The summed E-state index contributed by atoms with van der Waals surface area (Å²) in [6, 6.07) is 0. The van der Waals surface area contributed by atoms with Gasteiger partial charge in [-0.1, -0.05) is 12.5 Å². The predicted octanol–water partition coefficient (Wildman–Crippen LogP) is 2.13. The summed E-state index contributed by atoms with van der Waals surface area (Å²) >= 11 is 0. The lowest BCUT2D eigenvalue weighted by molar-refractivity contribution is 0.0318. The van der Waals surface area contributed by atoms with Gasteiger partial charge in [0.25, 0.3) is 0 Å². The average Bonchev–Trinajstić information content (AvgIpc) is 2.49. The maximum atomic E-state index is 9.88. The molecule has 1 heterocycles. The van der Waals surface area contributed by atoms with E-state index in [0.717, 1.165) is 25.0 Å². The van der Waals surface area contributed by atoms with Crippen molar-refractivity contribution in [2.45, 2.75) is 45.3 Å². The van der Waals surface area contributed by atoms with Crippen molar-refractivity contribution in [3.05, 3.63) is 12.2 Å². The predicted molar refractivity (Wildman–Crippen MR) is 53.6 cm³/mol. The summed E-state index contributed by atoms with van der Waals surface area (Å²) in [6.07, 6.45) is 2.70. The molecule has 0 aromatic rings. The molecule has 0 aromatic heterocycles. The molecule has 0 amide bonds. The van der Waals surface area contributed by atoms with Crippen LogP contribution in [0.5, 0.6) is 0 Å². The van der Waals surface area contributed by atoms with Crippen molar-refractivity contribution in [3.8, 4) is 0 Å². The second kappa shape index (κ2) is 4.77. The highest BCUT2D eigenvalue weighted by Gasteiger charge is 2.32. The monoisotopic (exact) mass is 184 g/mol. The van der Waals surface area contributed by atoms with Crippen molar-refractivity contribution < 1.29 is 9.84 Å². The molecular weight excluding hydrogens is 164 g/mol. The molecule has 1 N–H and O–H groups in total. The van der Waals surface area contributed by atoms with Crippen molar-refractivity contribution in [2.75, 3.05) is 6.61 Å². The van der Waals surface area contributed by atoms with E-state index >= 15 is 0 Å². The summed E-state index contributed by atoms with van der Waals surface area (Å²) in [5, 5.41) is 9.88. The number of aliphatic hydroxyl groups excluding tert-OH is 1. The van der Waals surface area contributed by atoms with E-state index in [4.69, 9.17) is 4.74 Å². The van der Waals surface area contributed by atoms with E-state index in [0.29, 0.717) is 12.3 Å². The standard InChI is InChI=1S/C11H20O2/c1-4-11-9(5-6-13-11)10(12)7-8(2)3/h9-12H,2,4-7H2,1,3H3. The Hall–Kier alpha value is -0.340. The fraction of sp³-hybridized carbons (Fsp3) is 0.818. The fourth-order valence-electron chi connectivity index (χ4n) is 2.03. The molecule has 0 spiro atoms. The lowest BCUT2D eigenvalue weighted by atomic mass is 9.90. The first-order valence-corrected chi connectivity index (χ1v) is 5.09.